The molecule has 2 aromatic heterocycles. The van der Waals surface area contributed by atoms with Crippen molar-refractivity contribution in [3.8, 4) is 33.6 Å². The maximum atomic E-state index is 5.08. The van der Waals surface area contributed by atoms with Crippen LogP contribution in [0.25, 0.3) is 33.6 Å². The predicted molar refractivity (Wildman–Crippen MR) is 152 cm³/mol. The molecule has 0 amide bonds. The molecule has 4 aromatic rings. The Morgan fingerprint density at radius 1 is 0.757 bits per heavy atom. The van der Waals surface area contributed by atoms with Gasteiger partial charge >= 0.3 is 0 Å². The molecule has 2 atom stereocenters. The van der Waals surface area contributed by atoms with E-state index in [4.69, 9.17) is 9.97 Å². The van der Waals surface area contributed by atoms with Gasteiger partial charge in [-0.3, -0.25) is 0 Å². The lowest BCUT2D eigenvalue weighted by atomic mass is 10.00. The van der Waals surface area contributed by atoms with E-state index in [9.17, 15) is 0 Å². The number of hydrogen-bond acceptors (Lipinski definition) is 4. The van der Waals surface area contributed by atoms with Crippen molar-refractivity contribution in [1.82, 2.24) is 30.6 Å². The summed E-state index contributed by atoms with van der Waals surface area (Å²) in [6, 6.07) is 19.7. The zero-order valence-electron chi connectivity index (χ0n) is 21.8. The Morgan fingerprint density at radius 3 is 2.08 bits per heavy atom. The van der Waals surface area contributed by atoms with E-state index in [1.807, 2.05) is 6.20 Å². The highest BCUT2D eigenvalue weighted by molar-refractivity contribution is 6.78. The second-order valence-corrected chi connectivity index (χ2v) is 17.0. The minimum Gasteiger partial charge on any atom is -0.347 e. The molecule has 4 heterocycles. The van der Waals surface area contributed by atoms with Gasteiger partial charge in [0.1, 0.15) is 11.6 Å². The number of benzene rings is 2. The predicted octanol–water partition coefficient (Wildman–Crippen LogP) is 6.33. The Balaban J connectivity index is 1.09. The number of nitrogens with one attached hydrogen (secondary N) is 4. The normalized spacial score (nSPS) is 23.1. The van der Waals surface area contributed by atoms with E-state index in [2.05, 4.69) is 82.2 Å². The maximum absolute atomic E-state index is 5.08. The first-order chi connectivity index (χ1) is 18.0. The standard InChI is InChI=1S/C30H36N6Si/c1-37(2)17-26(33-18-37)29-32-16-25(34-29)21-9-5-19(6-10-21)20-7-11-22(12-8-20)27-28(23-13-14-23)36-30(35-27)24-4-3-15-31-24/h5-12,16,23-24,26,31,33H,3-4,13-15,17-18H2,1-2H3,(H,32,34)(H,35,36)/t24-,26-/m0/s1. The molecule has 0 spiro atoms. The third-order valence-electron chi connectivity index (χ3n) is 8.31. The van der Waals surface area contributed by atoms with E-state index in [0.717, 1.165) is 35.1 Å². The zero-order valence-corrected chi connectivity index (χ0v) is 22.8. The fourth-order valence-electron chi connectivity index (χ4n) is 5.98. The van der Waals surface area contributed by atoms with Crippen LogP contribution in [0.2, 0.25) is 19.1 Å². The fraction of sp³-hybridized carbons (Fsp3) is 0.400. The van der Waals surface area contributed by atoms with Gasteiger partial charge in [-0.2, -0.15) is 0 Å². The highest BCUT2D eigenvalue weighted by Crippen LogP contribution is 2.44. The molecule has 1 saturated carbocycles. The summed E-state index contributed by atoms with van der Waals surface area (Å²) in [7, 11) is -1.12. The van der Waals surface area contributed by atoms with E-state index in [-0.39, 0.29) is 0 Å². The molecular weight excluding hydrogens is 472 g/mol. The Morgan fingerprint density at radius 2 is 1.46 bits per heavy atom. The molecule has 37 heavy (non-hydrogen) atoms. The average molecular weight is 509 g/mol. The summed E-state index contributed by atoms with van der Waals surface area (Å²) in [6.45, 7) is 5.98. The second kappa shape index (κ2) is 9.08. The van der Waals surface area contributed by atoms with Crippen LogP contribution in [0.15, 0.2) is 54.7 Å². The molecule has 4 N–H and O–H groups in total. The first-order valence-corrected chi connectivity index (χ1v) is 17.3. The fourth-order valence-corrected chi connectivity index (χ4v) is 8.37. The topological polar surface area (TPSA) is 81.4 Å². The van der Waals surface area contributed by atoms with Crippen LogP contribution in [-0.2, 0) is 0 Å². The minimum atomic E-state index is -1.12. The third-order valence-corrected chi connectivity index (χ3v) is 11.0. The summed E-state index contributed by atoms with van der Waals surface area (Å²) in [5, 5.41) is 7.25. The molecule has 0 unspecified atom stereocenters. The van der Waals surface area contributed by atoms with Crippen LogP contribution in [0.4, 0.5) is 0 Å². The van der Waals surface area contributed by atoms with Crippen LogP contribution in [0.1, 0.15) is 61.0 Å². The number of aromatic amines is 2. The number of hydrogen-bond donors (Lipinski definition) is 4. The summed E-state index contributed by atoms with van der Waals surface area (Å²) in [4.78, 5) is 17.1. The lowest BCUT2D eigenvalue weighted by Crippen LogP contribution is -2.28. The Kier molecular flexibility index (Phi) is 5.68. The lowest BCUT2D eigenvalue weighted by molar-refractivity contribution is 0.611. The molecule has 190 valence electrons. The highest BCUT2D eigenvalue weighted by atomic mass is 28.3. The molecule has 7 heteroatoms. The van der Waals surface area contributed by atoms with E-state index in [1.165, 1.54) is 60.3 Å². The number of rotatable bonds is 6. The van der Waals surface area contributed by atoms with Gasteiger partial charge in [0, 0.05) is 28.9 Å². The number of aromatic nitrogens is 4. The van der Waals surface area contributed by atoms with Crippen molar-refractivity contribution in [3.05, 3.63) is 72.1 Å². The first-order valence-electron chi connectivity index (χ1n) is 13.9. The van der Waals surface area contributed by atoms with Crippen molar-refractivity contribution in [2.75, 3.05) is 12.7 Å². The lowest BCUT2D eigenvalue weighted by Gasteiger charge is -2.11. The van der Waals surface area contributed by atoms with E-state index in [0.29, 0.717) is 18.0 Å². The molecule has 0 radical (unpaired) electrons. The van der Waals surface area contributed by atoms with Gasteiger partial charge in [-0.05, 0) is 55.6 Å². The Hall–Kier alpha value is -3.00. The first kappa shape index (κ1) is 23.1. The highest BCUT2D eigenvalue weighted by Gasteiger charge is 2.34. The van der Waals surface area contributed by atoms with Crippen molar-refractivity contribution < 1.29 is 0 Å². The van der Waals surface area contributed by atoms with Crippen LogP contribution in [0, 0.1) is 0 Å². The maximum Gasteiger partial charge on any atom is 0.124 e. The molecule has 3 fully saturated rings. The molecule has 3 aliphatic rings. The number of nitrogens with zero attached hydrogens (tertiary/aromatic N) is 2. The molecule has 2 saturated heterocycles. The molecule has 2 aromatic carbocycles. The van der Waals surface area contributed by atoms with Gasteiger partial charge in [0.05, 0.1) is 31.5 Å². The summed E-state index contributed by atoms with van der Waals surface area (Å²) >= 11 is 0. The molecule has 2 aliphatic heterocycles. The molecule has 1 aliphatic carbocycles. The van der Waals surface area contributed by atoms with Gasteiger partial charge in [-0.25, -0.2) is 9.97 Å². The van der Waals surface area contributed by atoms with Crippen molar-refractivity contribution in [1.29, 1.82) is 0 Å². The van der Waals surface area contributed by atoms with Crippen LogP contribution in [0.5, 0.6) is 0 Å². The quantitative estimate of drug-likeness (QED) is 0.230. The van der Waals surface area contributed by atoms with Crippen molar-refractivity contribution in [2.45, 2.75) is 62.8 Å². The zero-order chi connectivity index (χ0) is 25.0. The summed E-state index contributed by atoms with van der Waals surface area (Å²) in [5.41, 5.74) is 8.29. The Bertz CT molecular complexity index is 1390. The van der Waals surface area contributed by atoms with Crippen LogP contribution >= 0.6 is 0 Å². The molecule has 6 nitrogen and oxygen atoms in total. The minimum absolute atomic E-state index is 0.369. The smallest absolute Gasteiger partial charge is 0.124 e. The summed E-state index contributed by atoms with van der Waals surface area (Å²) in [5.74, 6) is 2.83. The van der Waals surface area contributed by atoms with Gasteiger partial charge in [-0.15, -0.1) is 0 Å². The van der Waals surface area contributed by atoms with Crippen molar-refractivity contribution >= 4 is 8.07 Å². The van der Waals surface area contributed by atoms with Crippen molar-refractivity contribution in [2.24, 2.45) is 0 Å². The summed E-state index contributed by atoms with van der Waals surface area (Å²) in [6.07, 6.45) is 8.15. The SMILES string of the molecule is C[Si]1(C)CN[C@H](c2nc(-c3ccc(-c4ccc(-c5nc([C@@H]6CCCN6)[nH]c5C5CC5)cc4)cc3)c[nH]2)C1. The van der Waals surface area contributed by atoms with E-state index in [1.54, 1.807) is 0 Å². The Labute approximate surface area is 219 Å². The monoisotopic (exact) mass is 508 g/mol. The van der Waals surface area contributed by atoms with E-state index < -0.39 is 8.07 Å². The van der Waals surface area contributed by atoms with Gasteiger partial charge in [-0.1, -0.05) is 61.6 Å². The number of H-pyrrole nitrogens is 2. The van der Waals surface area contributed by atoms with Crippen LogP contribution in [-0.4, -0.2) is 40.7 Å². The third kappa shape index (κ3) is 4.60. The molecule has 7 rings (SSSR count). The van der Waals surface area contributed by atoms with E-state index >= 15 is 0 Å². The van der Waals surface area contributed by atoms with Crippen LogP contribution < -0.4 is 10.6 Å². The van der Waals surface area contributed by atoms with Crippen molar-refractivity contribution in [3.63, 3.8) is 0 Å². The van der Waals surface area contributed by atoms with Crippen LogP contribution in [0.3, 0.4) is 0 Å². The summed E-state index contributed by atoms with van der Waals surface area (Å²) < 4.78 is 0. The molecule has 0 bridgehead atoms. The number of imidazole rings is 2. The van der Waals surface area contributed by atoms with Gasteiger partial charge in [0.25, 0.3) is 0 Å². The largest absolute Gasteiger partial charge is 0.347 e. The average Bonchev–Trinajstić information content (AvgIpc) is 3.35. The van der Waals surface area contributed by atoms with Gasteiger partial charge in [0.2, 0.25) is 0 Å². The van der Waals surface area contributed by atoms with Gasteiger partial charge < -0.3 is 20.6 Å². The van der Waals surface area contributed by atoms with Gasteiger partial charge in [0.15, 0.2) is 0 Å². The second-order valence-electron chi connectivity index (χ2n) is 11.9. The molecular formula is C30H36N6Si.